The molecule has 0 aliphatic carbocycles. The van der Waals surface area contributed by atoms with Gasteiger partial charge in [0, 0.05) is 6.07 Å². The highest BCUT2D eigenvalue weighted by atomic mass is 32.1. The van der Waals surface area contributed by atoms with E-state index >= 15 is 0 Å². The number of fused-ring (bicyclic) bond motifs is 1. The lowest BCUT2D eigenvalue weighted by Crippen LogP contribution is -2.10. The zero-order valence-electron chi connectivity index (χ0n) is 9.99. The fourth-order valence-electron chi connectivity index (χ4n) is 1.65. The summed E-state index contributed by atoms with van der Waals surface area (Å²) in [6.07, 6.45) is 1.41. The summed E-state index contributed by atoms with van der Waals surface area (Å²) in [5, 5.41) is 2.82. The van der Waals surface area contributed by atoms with Crippen molar-refractivity contribution in [2.45, 2.75) is 0 Å². The number of nitrogen functional groups attached to an aromatic ring is 1. The molecule has 96 valence electrons. The number of nitrogens with zero attached hydrogens (tertiary/aromatic N) is 4. The third kappa shape index (κ3) is 2.07. The van der Waals surface area contributed by atoms with Gasteiger partial charge in [-0.1, -0.05) is 0 Å². The van der Waals surface area contributed by atoms with Crippen molar-refractivity contribution in [1.82, 2.24) is 19.9 Å². The first-order valence-electron chi connectivity index (χ1n) is 5.40. The van der Waals surface area contributed by atoms with Crippen molar-refractivity contribution in [2.24, 2.45) is 5.84 Å². The van der Waals surface area contributed by atoms with Gasteiger partial charge in [-0.25, -0.2) is 25.8 Å². The van der Waals surface area contributed by atoms with Crippen molar-refractivity contribution in [3.63, 3.8) is 0 Å². The third-order valence-electron chi connectivity index (χ3n) is 2.54. The second-order valence-electron chi connectivity index (χ2n) is 3.63. The number of rotatable bonds is 3. The Balaban J connectivity index is 2.18. The zero-order chi connectivity index (χ0) is 13.2. The summed E-state index contributed by atoms with van der Waals surface area (Å²) in [5.41, 5.74) is 3.16. The van der Waals surface area contributed by atoms with E-state index in [1.165, 1.54) is 17.7 Å². The van der Waals surface area contributed by atoms with Crippen LogP contribution in [0.5, 0.6) is 5.88 Å². The summed E-state index contributed by atoms with van der Waals surface area (Å²) in [6.45, 7) is 0. The molecule has 3 N–H and O–H groups in total. The number of ether oxygens (including phenoxy) is 1. The highest BCUT2D eigenvalue weighted by Gasteiger charge is 2.11. The van der Waals surface area contributed by atoms with E-state index < -0.39 is 0 Å². The average Bonchev–Trinajstić information content (AvgIpc) is 2.94. The molecule has 0 saturated carbocycles. The van der Waals surface area contributed by atoms with Crippen LogP contribution in [0, 0.1) is 0 Å². The van der Waals surface area contributed by atoms with Gasteiger partial charge in [-0.3, -0.25) is 0 Å². The number of hydrogen-bond acceptors (Lipinski definition) is 8. The predicted molar refractivity (Wildman–Crippen MR) is 72.8 cm³/mol. The predicted octanol–water partition coefficient (Wildman–Crippen LogP) is 1.44. The van der Waals surface area contributed by atoms with Crippen LogP contribution in [-0.4, -0.2) is 27.0 Å². The second-order valence-corrected chi connectivity index (χ2v) is 4.52. The Kier molecular flexibility index (Phi) is 2.94. The molecule has 0 aromatic carbocycles. The highest BCUT2D eigenvalue weighted by Crippen LogP contribution is 2.27. The lowest BCUT2D eigenvalue weighted by atomic mass is 10.3. The van der Waals surface area contributed by atoms with Gasteiger partial charge < -0.3 is 10.2 Å². The van der Waals surface area contributed by atoms with E-state index in [9.17, 15) is 0 Å². The molecule has 19 heavy (non-hydrogen) atoms. The molecule has 0 aliphatic heterocycles. The fraction of sp³-hybridized carbons (Fsp3) is 0.0909. The van der Waals surface area contributed by atoms with E-state index in [0.29, 0.717) is 23.2 Å². The van der Waals surface area contributed by atoms with Gasteiger partial charge in [-0.2, -0.15) is 0 Å². The van der Waals surface area contributed by atoms with E-state index in [4.69, 9.17) is 10.6 Å². The zero-order valence-corrected chi connectivity index (χ0v) is 10.8. The standard InChI is InChI=1S/C11H10N6OS/c1-18-8-4-7(13-5-14-8)10-15-9(17-12)6-2-3-19-11(6)16-10/h2-5H,12H2,1H3,(H,15,16,17). The van der Waals surface area contributed by atoms with Crippen molar-refractivity contribution in [3.05, 3.63) is 23.8 Å². The van der Waals surface area contributed by atoms with Gasteiger partial charge >= 0.3 is 0 Å². The summed E-state index contributed by atoms with van der Waals surface area (Å²) in [7, 11) is 1.54. The maximum absolute atomic E-state index is 5.49. The largest absolute Gasteiger partial charge is 0.481 e. The molecule has 0 atom stereocenters. The third-order valence-corrected chi connectivity index (χ3v) is 3.35. The van der Waals surface area contributed by atoms with E-state index in [-0.39, 0.29) is 0 Å². The molecule has 8 heteroatoms. The molecular weight excluding hydrogens is 264 g/mol. The Bertz CT molecular complexity index is 728. The van der Waals surface area contributed by atoms with Crippen molar-refractivity contribution < 1.29 is 4.74 Å². The van der Waals surface area contributed by atoms with Gasteiger partial charge in [0.25, 0.3) is 0 Å². The van der Waals surface area contributed by atoms with Gasteiger partial charge in [0.15, 0.2) is 11.6 Å². The number of anilines is 1. The molecule has 0 saturated heterocycles. The van der Waals surface area contributed by atoms with Gasteiger partial charge in [0.1, 0.15) is 16.9 Å². The molecule has 0 amide bonds. The fourth-order valence-corrected chi connectivity index (χ4v) is 2.42. The number of methoxy groups -OCH3 is 1. The lowest BCUT2D eigenvalue weighted by Gasteiger charge is -2.05. The van der Waals surface area contributed by atoms with Crippen LogP contribution in [0.1, 0.15) is 0 Å². The summed E-state index contributed by atoms with van der Waals surface area (Å²) in [5.74, 6) is 6.99. The molecule has 0 aliphatic rings. The second kappa shape index (κ2) is 4.75. The van der Waals surface area contributed by atoms with Gasteiger partial charge in [0.2, 0.25) is 5.88 Å². The summed E-state index contributed by atoms with van der Waals surface area (Å²) in [6, 6.07) is 3.59. The summed E-state index contributed by atoms with van der Waals surface area (Å²) < 4.78 is 5.06. The molecule has 3 rings (SSSR count). The van der Waals surface area contributed by atoms with E-state index in [0.717, 1.165) is 10.2 Å². The minimum atomic E-state index is 0.460. The Morgan fingerprint density at radius 2 is 2.21 bits per heavy atom. The number of aromatic nitrogens is 4. The highest BCUT2D eigenvalue weighted by molar-refractivity contribution is 7.16. The molecule has 7 nitrogen and oxygen atoms in total. The normalized spacial score (nSPS) is 10.6. The molecule has 0 fully saturated rings. The minimum Gasteiger partial charge on any atom is -0.481 e. The lowest BCUT2D eigenvalue weighted by molar-refractivity contribution is 0.397. The minimum absolute atomic E-state index is 0.460. The maximum atomic E-state index is 5.49. The summed E-state index contributed by atoms with van der Waals surface area (Å²) >= 11 is 1.51. The summed E-state index contributed by atoms with van der Waals surface area (Å²) in [4.78, 5) is 17.7. The average molecular weight is 274 g/mol. The molecule has 3 aromatic rings. The van der Waals surface area contributed by atoms with Gasteiger partial charge in [-0.05, 0) is 11.4 Å². The van der Waals surface area contributed by atoms with Crippen LogP contribution in [0.3, 0.4) is 0 Å². The molecule has 3 aromatic heterocycles. The topological polar surface area (TPSA) is 98.8 Å². The Hall–Kier alpha value is -2.32. The van der Waals surface area contributed by atoms with E-state index in [1.54, 1.807) is 13.2 Å². The van der Waals surface area contributed by atoms with Gasteiger partial charge in [0.05, 0.1) is 12.5 Å². The molecule has 3 heterocycles. The molecule has 0 spiro atoms. The molecule has 0 radical (unpaired) electrons. The molecular formula is C11H10N6OS. The maximum Gasteiger partial charge on any atom is 0.216 e. The first-order valence-corrected chi connectivity index (χ1v) is 6.28. The van der Waals surface area contributed by atoms with Crippen LogP contribution in [0.25, 0.3) is 21.7 Å². The molecule has 0 unspecified atom stereocenters. The number of hydrogen-bond donors (Lipinski definition) is 2. The number of hydrazine groups is 1. The van der Waals surface area contributed by atoms with Crippen LogP contribution < -0.4 is 16.0 Å². The van der Waals surface area contributed by atoms with Crippen LogP contribution in [0.15, 0.2) is 23.8 Å². The SMILES string of the molecule is COc1cc(-c2nc(NN)c3ccsc3n2)ncn1. The van der Waals surface area contributed by atoms with E-state index in [2.05, 4.69) is 25.4 Å². The molecule has 0 bridgehead atoms. The van der Waals surface area contributed by atoms with Crippen LogP contribution >= 0.6 is 11.3 Å². The van der Waals surface area contributed by atoms with Gasteiger partial charge in [-0.15, -0.1) is 11.3 Å². The van der Waals surface area contributed by atoms with E-state index in [1.807, 2.05) is 11.4 Å². The quantitative estimate of drug-likeness (QED) is 0.550. The van der Waals surface area contributed by atoms with Crippen molar-refractivity contribution in [1.29, 1.82) is 0 Å². The Labute approximate surface area is 112 Å². The van der Waals surface area contributed by atoms with Crippen LogP contribution in [-0.2, 0) is 0 Å². The van der Waals surface area contributed by atoms with Crippen LogP contribution in [0.4, 0.5) is 5.82 Å². The number of thiophene rings is 1. The Morgan fingerprint density at radius 3 is 3.00 bits per heavy atom. The van der Waals surface area contributed by atoms with Crippen molar-refractivity contribution >= 4 is 27.4 Å². The van der Waals surface area contributed by atoms with Crippen molar-refractivity contribution in [3.8, 4) is 17.4 Å². The van der Waals surface area contributed by atoms with Crippen LogP contribution in [0.2, 0.25) is 0 Å². The van der Waals surface area contributed by atoms with Crippen molar-refractivity contribution in [2.75, 3.05) is 12.5 Å². The Morgan fingerprint density at radius 1 is 1.32 bits per heavy atom. The first kappa shape index (κ1) is 11.8. The monoisotopic (exact) mass is 274 g/mol. The first-order chi connectivity index (χ1) is 9.31. The number of nitrogens with one attached hydrogen (secondary N) is 1. The number of nitrogens with two attached hydrogens (primary N) is 1. The smallest absolute Gasteiger partial charge is 0.216 e.